The molecule has 0 aliphatic carbocycles. The highest BCUT2D eigenvalue weighted by Gasteiger charge is 2.23. The van der Waals surface area contributed by atoms with E-state index < -0.39 is 6.10 Å². The van der Waals surface area contributed by atoms with Crippen molar-refractivity contribution < 1.29 is 14.6 Å². The van der Waals surface area contributed by atoms with Crippen LogP contribution in [0.1, 0.15) is 16.5 Å². The molecule has 1 fully saturated rings. The summed E-state index contributed by atoms with van der Waals surface area (Å²) in [4.78, 5) is 17.6. The molecule has 1 atom stereocenters. The molecule has 1 aliphatic heterocycles. The number of carbonyl (C=O) groups is 1. The van der Waals surface area contributed by atoms with Crippen molar-refractivity contribution in [2.45, 2.75) is 6.10 Å². The second-order valence-electron chi connectivity index (χ2n) is 4.28. The molecule has 0 bridgehead atoms. The summed E-state index contributed by atoms with van der Waals surface area (Å²) in [7, 11) is 0. The molecule has 5 nitrogen and oxygen atoms in total. The number of aliphatic hydroxyl groups excluding tert-OH is 1. The quantitative estimate of drug-likeness (QED) is 0.947. The van der Waals surface area contributed by atoms with Gasteiger partial charge in [-0.05, 0) is 17.7 Å². The van der Waals surface area contributed by atoms with Gasteiger partial charge in [0.1, 0.15) is 12.7 Å². The smallest absolute Gasteiger partial charge is 0.414 e. The molecule has 104 valence electrons. The Bertz CT molecular complexity index is 629. The van der Waals surface area contributed by atoms with Crippen molar-refractivity contribution in [3.63, 3.8) is 0 Å². The van der Waals surface area contributed by atoms with Gasteiger partial charge in [-0.25, -0.2) is 9.78 Å². The topological polar surface area (TPSA) is 62.7 Å². The van der Waals surface area contributed by atoms with Gasteiger partial charge < -0.3 is 9.84 Å². The SMILES string of the molecule is O=C1OCCN1c1ccc(C(O)c2cnc(Cl)s2)cc1. The Labute approximate surface area is 124 Å². The van der Waals surface area contributed by atoms with Crippen molar-refractivity contribution in [1.82, 2.24) is 4.98 Å². The molecule has 7 heteroatoms. The predicted octanol–water partition coefficient (Wildman–Crippen LogP) is 2.83. The van der Waals surface area contributed by atoms with Gasteiger partial charge in [-0.15, -0.1) is 11.3 Å². The Morgan fingerprint density at radius 1 is 1.40 bits per heavy atom. The van der Waals surface area contributed by atoms with Crippen LogP contribution in [0, 0.1) is 0 Å². The third-order valence-electron chi connectivity index (χ3n) is 3.05. The first-order valence-electron chi connectivity index (χ1n) is 5.98. The summed E-state index contributed by atoms with van der Waals surface area (Å²) >= 11 is 7.00. The molecule has 1 N–H and O–H groups in total. The first-order chi connectivity index (χ1) is 9.65. The summed E-state index contributed by atoms with van der Waals surface area (Å²) in [5.74, 6) is 0. The van der Waals surface area contributed by atoms with Gasteiger partial charge >= 0.3 is 6.09 Å². The van der Waals surface area contributed by atoms with Gasteiger partial charge in [0, 0.05) is 11.9 Å². The minimum atomic E-state index is -0.764. The third-order valence-corrected chi connectivity index (χ3v) is 4.21. The second kappa shape index (κ2) is 5.40. The van der Waals surface area contributed by atoms with Crippen molar-refractivity contribution in [1.29, 1.82) is 0 Å². The zero-order valence-corrected chi connectivity index (χ0v) is 11.9. The lowest BCUT2D eigenvalue weighted by molar-refractivity contribution is 0.181. The van der Waals surface area contributed by atoms with Gasteiger partial charge in [0.25, 0.3) is 0 Å². The maximum atomic E-state index is 11.5. The molecule has 1 aliphatic rings. The summed E-state index contributed by atoms with van der Waals surface area (Å²) in [5.41, 5.74) is 1.48. The highest BCUT2D eigenvalue weighted by Crippen LogP contribution is 2.30. The molecule has 1 amide bonds. The van der Waals surface area contributed by atoms with Crippen LogP contribution in [0.4, 0.5) is 10.5 Å². The van der Waals surface area contributed by atoms with Crippen molar-refractivity contribution in [2.75, 3.05) is 18.1 Å². The number of nitrogens with zero attached hydrogens (tertiary/aromatic N) is 2. The largest absolute Gasteiger partial charge is 0.447 e. The van der Waals surface area contributed by atoms with E-state index in [1.54, 1.807) is 35.4 Å². The number of thiazole rings is 1. The third kappa shape index (κ3) is 2.49. The Kier molecular flexibility index (Phi) is 3.60. The van der Waals surface area contributed by atoms with E-state index in [2.05, 4.69) is 4.98 Å². The van der Waals surface area contributed by atoms with Crippen LogP contribution in [0.25, 0.3) is 0 Å². The van der Waals surface area contributed by atoms with E-state index in [0.29, 0.717) is 22.5 Å². The Morgan fingerprint density at radius 3 is 2.70 bits per heavy atom. The Balaban J connectivity index is 1.80. The first kappa shape index (κ1) is 13.4. The minimum Gasteiger partial charge on any atom is -0.447 e. The van der Waals surface area contributed by atoms with Gasteiger partial charge in [0.15, 0.2) is 4.47 Å². The fourth-order valence-electron chi connectivity index (χ4n) is 2.02. The number of aromatic nitrogens is 1. The van der Waals surface area contributed by atoms with E-state index in [0.717, 1.165) is 11.3 Å². The van der Waals surface area contributed by atoms with Crippen molar-refractivity contribution in [3.8, 4) is 0 Å². The lowest BCUT2D eigenvalue weighted by Gasteiger charge is -2.14. The minimum absolute atomic E-state index is 0.340. The highest BCUT2D eigenvalue weighted by atomic mass is 35.5. The van der Waals surface area contributed by atoms with E-state index in [-0.39, 0.29) is 6.09 Å². The van der Waals surface area contributed by atoms with E-state index in [9.17, 15) is 9.90 Å². The van der Waals surface area contributed by atoms with Crippen LogP contribution in [0.2, 0.25) is 4.47 Å². The molecule has 1 aromatic carbocycles. The number of benzene rings is 1. The van der Waals surface area contributed by atoms with Crippen LogP contribution < -0.4 is 4.90 Å². The van der Waals surface area contributed by atoms with Gasteiger partial charge in [-0.3, -0.25) is 4.90 Å². The van der Waals surface area contributed by atoms with E-state index >= 15 is 0 Å². The number of anilines is 1. The molecule has 3 rings (SSSR count). The van der Waals surface area contributed by atoms with Gasteiger partial charge in [-0.2, -0.15) is 0 Å². The molecule has 2 aromatic rings. The molecule has 2 heterocycles. The van der Waals surface area contributed by atoms with Crippen molar-refractivity contribution in [2.24, 2.45) is 0 Å². The molecule has 1 saturated heterocycles. The summed E-state index contributed by atoms with van der Waals surface area (Å²) in [6.07, 6.45) is 0.454. The number of rotatable bonds is 3. The fraction of sp³-hybridized carbons (Fsp3) is 0.231. The number of carbonyl (C=O) groups excluding carboxylic acids is 1. The van der Waals surface area contributed by atoms with Crippen LogP contribution in [-0.4, -0.2) is 29.3 Å². The van der Waals surface area contributed by atoms with E-state index in [1.165, 1.54) is 11.3 Å². The maximum Gasteiger partial charge on any atom is 0.414 e. The Hall–Kier alpha value is -1.63. The Morgan fingerprint density at radius 2 is 2.15 bits per heavy atom. The average molecular weight is 311 g/mol. The van der Waals surface area contributed by atoms with Crippen LogP contribution >= 0.6 is 22.9 Å². The molecule has 0 saturated carbocycles. The predicted molar refractivity (Wildman–Crippen MR) is 76.3 cm³/mol. The standard InChI is InChI=1S/C13H11ClN2O3S/c14-12-15-7-10(20-12)11(17)8-1-3-9(4-2-8)16-5-6-19-13(16)18/h1-4,7,11,17H,5-6H2. The lowest BCUT2D eigenvalue weighted by atomic mass is 10.1. The van der Waals surface area contributed by atoms with Crippen LogP contribution in [-0.2, 0) is 4.74 Å². The second-order valence-corrected chi connectivity index (χ2v) is 5.92. The number of cyclic esters (lactones) is 1. The number of amides is 1. The fourth-order valence-corrected chi connectivity index (χ4v) is 2.99. The number of aliphatic hydroxyl groups is 1. The van der Waals surface area contributed by atoms with E-state index in [1.807, 2.05) is 0 Å². The van der Waals surface area contributed by atoms with Crippen molar-refractivity contribution in [3.05, 3.63) is 45.4 Å². The molecule has 0 radical (unpaired) electrons. The molecule has 1 aromatic heterocycles. The normalized spacial score (nSPS) is 16.3. The van der Waals surface area contributed by atoms with Crippen LogP contribution in [0.15, 0.2) is 30.5 Å². The summed E-state index contributed by atoms with van der Waals surface area (Å²) in [6.45, 7) is 0.952. The highest BCUT2D eigenvalue weighted by molar-refractivity contribution is 7.15. The molecule has 0 spiro atoms. The average Bonchev–Trinajstić information content (AvgIpc) is 3.07. The first-order valence-corrected chi connectivity index (χ1v) is 7.18. The molecule has 20 heavy (non-hydrogen) atoms. The summed E-state index contributed by atoms with van der Waals surface area (Å²) < 4.78 is 5.28. The summed E-state index contributed by atoms with van der Waals surface area (Å²) in [5, 5.41) is 10.2. The molecular formula is C13H11ClN2O3S. The van der Waals surface area contributed by atoms with Crippen LogP contribution in [0.3, 0.4) is 0 Å². The number of hydrogen-bond acceptors (Lipinski definition) is 5. The molecular weight excluding hydrogens is 300 g/mol. The number of ether oxygens (including phenoxy) is 1. The van der Waals surface area contributed by atoms with Crippen molar-refractivity contribution >= 4 is 34.7 Å². The monoisotopic (exact) mass is 310 g/mol. The summed E-state index contributed by atoms with van der Waals surface area (Å²) in [6, 6.07) is 7.13. The molecule has 1 unspecified atom stereocenters. The van der Waals surface area contributed by atoms with Gasteiger partial charge in [0.2, 0.25) is 0 Å². The van der Waals surface area contributed by atoms with E-state index in [4.69, 9.17) is 16.3 Å². The number of hydrogen-bond donors (Lipinski definition) is 1. The zero-order chi connectivity index (χ0) is 14.1. The van der Waals surface area contributed by atoms with Crippen LogP contribution in [0.5, 0.6) is 0 Å². The zero-order valence-electron chi connectivity index (χ0n) is 10.3. The van der Waals surface area contributed by atoms with Gasteiger partial charge in [-0.1, -0.05) is 23.7 Å². The van der Waals surface area contributed by atoms with Gasteiger partial charge in [0.05, 0.1) is 11.4 Å². The number of halogens is 1. The lowest BCUT2D eigenvalue weighted by Crippen LogP contribution is -2.23. The maximum absolute atomic E-state index is 11.5.